The lowest BCUT2D eigenvalue weighted by molar-refractivity contribution is 0.140. The van der Waals surface area contributed by atoms with Crippen LogP contribution in [0, 0.1) is 11.3 Å². The number of rotatable bonds is 7. The molecule has 0 aromatic heterocycles. The van der Waals surface area contributed by atoms with E-state index in [2.05, 4.69) is 24.1 Å². The summed E-state index contributed by atoms with van der Waals surface area (Å²) in [5.74, 6) is 0.751. The number of hydrogen-bond donors (Lipinski definition) is 1. The Balaban J connectivity index is 2.36. The molecule has 2 unspecified atom stereocenters. The molecule has 1 saturated heterocycles. The minimum atomic E-state index is 0.413. The van der Waals surface area contributed by atoms with Crippen molar-refractivity contribution in [2.45, 2.75) is 26.7 Å². The van der Waals surface area contributed by atoms with Crippen LogP contribution in [0.2, 0.25) is 0 Å². The first kappa shape index (κ1) is 13.9. The maximum Gasteiger partial charge on any atom is 0.0503 e. The van der Waals surface area contributed by atoms with Crippen molar-refractivity contribution >= 4 is 0 Å². The van der Waals surface area contributed by atoms with E-state index in [-0.39, 0.29) is 0 Å². The molecule has 0 aromatic rings. The van der Waals surface area contributed by atoms with Gasteiger partial charge in [0.05, 0.1) is 6.61 Å². The Morgan fingerprint density at radius 3 is 2.81 bits per heavy atom. The van der Waals surface area contributed by atoms with E-state index in [1.165, 1.54) is 32.5 Å². The van der Waals surface area contributed by atoms with E-state index in [1.54, 1.807) is 7.11 Å². The summed E-state index contributed by atoms with van der Waals surface area (Å²) in [5, 5.41) is 3.32. The van der Waals surface area contributed by atoms with Crippen LogP contribution in [0.4, 0.5) is 0 Å². The molecule has 0 saturated carbocycles. The second-order valence-corrected chi connectivity index (χ2v) is 5.54. The van der Waals surface area contributed by atoms with Gasteiger partial charge in [-0.2, -0.15) is 0 Å². The number of likely N-dealkylation sites (tertiary alicyclic amines) is 1. The maximum absolute atomic E-state index is 5.24. The van der Waals surface area contributed by atoms with Gasteiger partial charge in [-0.25, -0.2) is 0 Å². The van der Waals surface area contributed by atoms with E-state index < -0.39 is 0 Å². The minimum absolute atomic E-state index is 0.413. The summed E-state index contributed by atoms with van der Waals surface area (Å²) < 4.78 is 5.24. The molecule has 0 spiro atoms. The van der Waals surface area contributed by atoms with Gasteiger partial charge in [-0.3, -0.25) is 0 Å². The topological polar surface area (TPSA) is 24.5 Å². The van der Waals surface area contributed by atoms with E-state index in [0.29, 0.717) is 5.41 Å². The zero-order chi connectivity index (χ0) is 12.0. The first-order chi connectivity index (χ1) is 7.63. The SMILES string of the molecule is CCC(C)(CNC)CN1CCC(COC)C1. The summed E-state index contributed by atoms with van der Waals surface area (Å²) >= 11 is 0. The Bertz CT molecular complexity index is 198. The normalized spacial score (nSPS) is 25.9. The Kier molecular flexibility index (Phi) is 5.73. The van der Waals surface area contributed by atoms with Gasteiger partial charge < -0.3 is 15.0 Å². The highest BCUT2D eigenvalue weighted by atomic mass is 16.5. The molecule has 0 bridgehead atoms. The molecule has 1 fully saturated rings. The van der Waals surface area contributed by atoms with Crippen LogP contribution < -0.4 is 5.32 Å². The summed E-state index contributed by atoms with van der Waals surface area (Å²) in [6, 6.07) is 0. The smallest absolute Gasteiger partial charge is 0.0503 e. The van der Waals surface area contributed by atoms with Gasteiger partial charge in [-0.05, 0) is 37.8 Å². The molecule has 3 heteroatoms. The molecule has 0 aromatic carbocycles. The lowest BCUT2D eigenvalue weighted by atomic mass is 9.87. The van der Waals surface area contributed by atoms with Crippen molar-refractivity contribution in [3.05, 3.63) is 0 Å². The van der Waals surface area contributed by atoms with Gasteiger partial charge in [0.25, 0.3) is 0 Å². The van der Waals surface area contributed by atoms with Gasteiger partial charge in [-0.1, -0.05) is 13.8 Å². The summed E-state index contributed by atoms with van der Waals surface area (Å²) in [7, 11) is 3.85. The van der Waals surface area contributed by atoms with E-state index >= 15 is 0 Å². The molecule has 1 rings (SSSR count). The number of nitrogens with one attached hydrogen (secondary N) is 1. The van der Waals surface area contributed by atoms with Crippen molar-refractivity contribution in [3.8, 4) is 0 Å². The summed E-state index contributed by atoms with van der Waals surface area (Å²) in [6.45, 7) is 10.4. The molecule has 1 aliphatic heterocycles. The van der Waals surface area contributed by atoms with Gasteiger partial charge >= 0.3 is 0 Å². The van der Waals surface area contributed by atoms with Crippen LogP contribution in [0.15, 0.2) is 0 Å². The molecule has 16 heavy (non-hydrogen) atoms. The number of nitrogens with zero attached hydrogens (tertiary/aromatic N) is 1. The Labute approximate surface area is 101 Å². The third kappa shape index (κ3) is 4.04. The van der Waals surface area contributed by atoms with E-state index in [1.807, 2.05) is 7.05 Å². The molecular formula is C13H28N2O. The van der Waals surface area contributed by atoms with E-state index in [0.717, 1.165) is 19.1 Å². The molecule has 2 atom stereocenters. The zero-order valence-corrected chi connectivity index (χ0v) is 11.4. The van der Waals surface area contributed by atoms with Crippen LogP contribution in [-0.4, -0.2) is 51.8 Å². The second kappa shape index (κ2) is 6.58. The summed E-state index contributed by atoms with van der Waals surface area (Å²) in [6.07, 6.45) is 2.53. The fourth-order valence-corrected chi connectivity index (χ4v) is 2.69. The quantitative estimate of drug-likeness (QED) is 0.716. The van der Waals surface area contributed by atoms with Crippen molar-refractivity contribution in [2.75, 3.05) is 46.9 Å². The molecule has 1 heterocycles. The van der Waals surface area contributed by atoms with Crippen LogP contribution >= 0.6 is 0 Å². The molecular weight excluding hydrogens is 200 g/mol. The molecule has 1 N–H and O–H groups in total. The van der Waals surface area contributed by atoms with E-state index in [9.17, 15) is 0 Å². The summed E-state index contributed by atoms with van der Waals surface area (Å²) in [5.41, 5.74) is 0.413. The number of ether oxygens (including phenoxy) is 1. The third-order valence-corrected chi connectivity index (χ3v) is 3.83. The lowest BCUT2D eigenvalue weighted by Crippen LogP contribution is -2.40. The Morgan fingerprint density at radius 1 is 1.50 bits per heavy atom. The Hall–Kier alpha value is -0.120. The maximum atomic E-state index is 5.24. The molecule has 0 aliphatic carbocycles. The predicted molar refractivity (Wildman–Crippen MR) is 68.7 cm³/mol. The number of methoxy groups -OCH3 is 1. The van der Waals surface area contributed by atoms with Gasteiger partial charge in [0.15, 0.2) is 0 Å². The molecule has 1 aliphatic rings. The van der Waals surface area contributed by atoms with Crippen molar-refractivity contribution in [3.63, 3.8) is 0 Å². The summed E-state index contributed by atoms with van der Waals surface area (Å²) in [4.78, 5) is 2.60. The zero-order valence-electron chi connectivity index (χ0n) is 11.4. The number of hydrogen-bond acceptors (Lipinski definition) is 3. The predicted octanol–water partition coefficient (Wildman–Crippen LogP) is 1.59. The van der Waals surface area contributed by atoms with Gasteiger partial charge in [-0.15, -0.1) is 0 Å². The van der Waals surface area contributed by atoms with Gasteiger partial charge in [0, 0.05) is 26.7 Å². The van der Waals surface area contributed by atoms with Crippen LogP contribution in [0.25, 0.3) is 0 Å². The lowest BCUT2D eigenvalue weighted by Gasteiger charge is -2.33. The average Bonchev–Trinajstić information content (AvgIpc) is 2.66. The van der Waals surface area contributed by atoms with Crippen LogP contribution in [0.3, 0.4) is 0 Å². The largest absolute Gasteiger partial charge is 0.384 e. The first-order valence-corrected chi connectivity index (χ1v) is 6.49. The monoisotopic (exact) mass is 228 g/mol. The molecule has 3 nitrogen and oxygen atoms in total. The fourth-order valence-electron chi connectivity index (χ4n) is 2.69. The van der Waals surface area contributed by atoms with Crippen LogP contribution in [-0.2, 0) is 4.74 Å². The first-order valence-electron chi connectivity index (χ1n) is 6.49. The second-order valence-electron chi connectivity index (χ2n) is 5.54. The average molecular weight is 228 g/mol. The third-order valence-electron chi connectivity index (χ3n) is 3.83. The molecule has 0 amide bonds. The highest BCUT2D eigenvalue weighted by molar-refractivity contribution is 4.83. The molecule has 0 radical (unpaired) electrons. The van der Waals surface area contributed by atoms with Crippen molar-refractivity contribution < 1.29 is 4.74 Å². The van der Waals surface area contributed by atoms with E-state index in [4.69, 9.17) is 4.74 Å². The van der Waals surface area contributed by atoms with Gasteiger partial charge in [0.2, 0.25) is 0 Å². The van der Waals surface area contributed by atoms with Crippen molar-refractivity contribution in [2.24, 2.45) is 11.3 Å². The van der Waals surface area contributed by atoms with Crippen molar-refractivity contribution in [1.29, 1.82) is 0 Å². The Morgan fingerprint density at radius 2 is 2.25 bits per heavy atom. The van der Waals surface area contributed by atoms with Crippen molar-refractivity contribution in [1.82, 2.24) is 10.2 Å². The highest BCUT2D eigenvalue weighted by Crippen LogP contribution is 2.25. The fraction of sp³-hybridized carbons (Fsp3) is 1.00. The minimum Gasteiger partial charge on any atom is -0.384 e. The molecule has 96 valence electrons. The van der Waals surface area contributed by atoms with Crippen LogP contribution in [0.5, 0.6) is 0 Å². The van der Waals surface area contributed by atoms with Gasteiger partial charge in [0.1, 0.15) is 0 Å². The highest BCUT2D eigenvalue weighted by Gasteiger charge is 2.29. The van der Waals surface area contributed by atoms with Crippen LogP contribution in [0.1, 0.15) is 26.7 Å². The standard InChI is InChI=1S/C13H28N2O/c1-5-13(2,10-14-3)11-15-7-6-12(8-15)9-16-4/h12,14H,5-11H2,1-4H3.